The maximum atomic E-state index is 12.9. The first-order chi connectivity index (χ1) is 10.9. The average molecular weight is 378 g/mol. The molecule has 24 heavy (non-hydrogen) atoms. The van der Waals surface area contributed by atoms with Gasteiger partial charge in [0, 0.05) is 25.7 Å². The topological polar surface area (TPSA) is 102 Å². The van der Waals surface area contributed by atoms with Crippen LogP contribution in [-0.4, -0.2) is 50.9 Å². The first kappa shape index (κ1) is 18.9. The first-order valence-electron chi connectivity index (χ1n) is 7.41. The van der Waals surface area contributed by atoms with Gasteiger partial charge in [-0.05, 0) is 30.9 Å². The highest BCUT2D eigenvalue weighted by Gasteiger charge is 2.45. The molecule has 134 valence electrons. The minimum absolute atomic E-state index is 0. The van der Waals surface area contributed by atoms with Gasteiger partial charge < -0.3 is 10.1 Å². The Balaban J connectivity index is 0.00000208. The number of nitrogens with zero attached hydrogens (tertiary/aromatic N) is 2. The van der Waals surface area contributed by atoms with Gasteiger partial charge in [-0.1, -0.05) is 0 Å². The largest absolute Gasteiger partial charge is 0.495 e. The van der Waals surface area contributed by atoms with Crippen LogP contribution in [0.3, 0.4) is 0 Å². The van der Waals surface area contributed by atoms with Gasteiger partial charge in [0.05, 0.1) is 18.1 Å². The summed E-state index contributed by atoms with van der Waals surface area (Å²) in [6.45, 7) is 2.68. The Kier molecular flexibility index (Phi) is 5.38. The van der Waals surface area contributed by atoms with Gasteiger partial charge in [-0.3, -0.25) is 10.1 Å². The predicted molar refractivity (Wildman–Crippen MR) is 90.2 cm³/mol. The second kappa shape index (κ2) is 6.83. The molecule has 0 amide bonds. The SMILES string of the molecule is COc1cc([N+](=O)[O-])ccc1S(=O)(=O)N1CCC2(CCNC2)C1.Cl. The van der Waals surface area contributed by atoms with E-state index in [2.05, 4.69) is 5.32 Å². The lowest BCUT2D eigenvalue weighted by atomic mass is 9.87. The Hall–Kier alpha value is -1.42. The van der Waals surface area contributed by atoms with Crippen LogP contribution in [0.4, 0.5) is 5.69 Å². The molecule has 0 saturated carbocycles. The summed E-state index contributed by atoms with van der Waals surface area (Å²) in [6, 6.07) is 3.60. The smallest absolute Gasteiger partial charge is 0.273 e. The van der Waals surface area contributed by atoms with E-state index >= 15 is 0 Å². The van der Waals surface area contributed by atoms with Crippen molar-refractivity contribution in [1.29, 1.82) is 0 Å². The Morgan fingerprint density at radius 3 is 2.71 bits per heavy atom. The number of ether oxygens (including phenoxy) is 1. The van der Waals surface area contributed by atoms with Crippen LogP contribution >= 0.6 is 12.4 Å². The fraction of sp³-hybridized carbons (Fsp3) is 0.571. The molecule has 2 fully saturated rings. The normalized spacial score (nSPS) is 24.0. The van der Waals surface area contributed by atoms with E-state index in [9.17, 15) is 18.5 Å². The average Bonchev–Trinajstić information content (AvgIpc) is 3.17. The molecule has 0 bridgehead atoms. The fourth-order valence-electron chi connectivity index (χ4n) is 3.37. The third kappa shape index (κ3) is 3.21. The van der Waals surface area contributed by atoms with Crippen molar-refractivity contribution in [1.82, 2.24) is 9.62 Å². The van der Waals surface area contributed by atoms with Gasteiger partial charge in [-0.25, -0.2) is 8.42 Å². The third-order valence-corrected chi connectivity index (χ3v) is 6.60. The van der Waals surface area contributed by atoms with Crippen LogP contribution < -0.4 is 10.1 Å². The molecule has 8 nitrogen and oxygen atoms in total. The number of sulfonamides is 1. The highest BCUT2D eigenvalue weighted by molar-refractivity contribution is 7.89. The highest BCUT2D eigenvalue weighted by Crippen LogP contribution is 2.40. The summed E-state index contributed by atoms with van der Waals surface area (Å²) in [5.74, 6) is 0.00435. The second-order valence-corrected chi connectivity index (χ2v) is 8.01. The number of hydrogen-bond donors (Lipinski definition) is 1. The lowest BCUT2D eigenvalue weighted by molar-refractivity contribution is -0.385. The van der Waals surface area contributed by atoms with Crippen molar-refractivity contribution in [3.63, 3.8) is 0 Å². The van der Waals surface area contributed by atoms with E-state index in [1.165, 1.54) is 23.5 Å². The van der Waals surface area contributed by atoms with Gasteiger partial charge >= 0.3 is 0 Å². The molecule has 1 spiro atoms. The molecule has 1 atom stereocenters. The number of hydrogen-bond acceptors (Lipinski definition) is 6. The monoisotopic (exact) mass is 377 g/mol. The number of nitro groups is 1. The predicted octanol–water partition coefficient (Wildman–Crippen LogP) is 1.40. The summed E-state index contributed by atoms with van der Waals surface area (Å²) in [7, 11) is -2.42. The van der Waals surface area contributed by atoms with Crippen molar-refractivity contribution >= 4 is 28.1 Å². The minimum atomic E-state index is -3.73. The molecule has 2 saturated heterocycles. The standard InChI is InChI=1S/C14H19N3O5S.ClH/c1-22-12-8-11(17(18)19)2-3-13(12)23(20,21)16-7-5-14(10-16)4-6-15-9-14;/h2-3,8,15H,4-7,9-10H2,1H3;1H. The zero-order chi connectivity index (χ0) is 16.7. The van der Waals surface area contributed by atoms with E-state index in [1.54, 1.807) is 0 Å². The molecule has 0 aliphatic carbocycles. The van der Waals surface area contributed by atoms with Crippen LogP contribution in [-0.2, 0) is 10.0 Å². The molecule has 2 aliphatic heterocycles. The van der Waals surface area contributed by atoms with Crippen LogP contribution in [0.2, 0.25) is 0 Å². The van der Waals surface area contributed by atoms with Crippen LogP contribution in [0.25, 0.3) is 0 Å². The van der Waals surface area contributed by atoms with Crippen molar-refractivity contribution in [2.75, 3.05) is 33.3 Å². The number of nitro benzene ring substituents is 1. The molecule has 1 unspecified atom stereocenters. The van der Waals surface area contributed by atoms with Gasteiger partial charge in [0.25, 0.3) is 5.69 Å². The summed E-state index contributed by atoms with van der Waals surface area (Å²) in [5.41, 5.74) is -0.181. The van der Waals surface area contributed by atoms with E-state index < -0.39 is 14.9 Å². The Labute approximate surface area is 146 Å². The molecule has 1 aromatic carbocycles. The van der Waals surface area contributed by atoms with Crippen molar-refractivity contribution in [2.45, 2.75) is 17.7 Å². The van der Waals surface area contributed by atoms with E-state index in [0.717, 1.165) is 32.0 Å². The zero-order valence-corrected chi connectivity index (χ0v) is 14.9. The van der Waals surface area contributed by atoms with E-state index in [0.29, 0.717) is 13.1 Å². The van der Waals surface area contributed by atoms with Gasteiger partial charge in [0.2, 0.25) is 10.0 Å². The van der Waals surface area contributed by atoms with Gasteiger partial charge in [0.15, 0.2) is 0 Å². The summed E-state index contributed by atoms with van der Waals surface area (Å²) >= 11 is 0. The lowest BCUT2D eigenvalue weighted by Gasteiger charge is -2.23. The van der Waals surface area contributed by atoms with Crippen LogP contribution in [0.15, 0.2) is 23.1 Å². The Morgan fingerprint density at radius 1 is 1.38 bits per heavy atom. The number of benzene rings is 1. The first-order valence-corrected chi connectivity index (χ1v) is 8.85. The fourth-order valence-corrected chi connectivity index (χ4v) is 5.06. The number of rotatable bonds is 4. The van der Waals surface area contributed by atoms with E-state index in [1.807, 2.05) is 0 Å². The Morgan fingerprint density at radius 2 is 2.12 bits per heavy atom. The van der Waals surface area contributed by atoms with Crippen molar-refractivity contribution < 1.29 is 18.1 Å². The molecular weight excluding hydrogens is 358 g/mol. The summed E-state index contributed by atoms with van der Waals surface area (Å²) in [4.78, 5) is 10.2. The van der Waals surface area contributed by atoms with Crippen molar-refractivity contribution in [3.8, 4) is 5.75 Å². The molecule has 2 aliphatic rings. The quantitative estimate of drug-likeness (QED) is 0.628. The van der Waals surface area contributed by atoms with E-state index in [-0.39, 0.29) is 34.2 Å². The number of methoxy groups -OCH3 is 1. The van der Waals surface area contributed by atoms with Gasteiger partial charge in [0.1, 0.15) is 10.6 Å². The van der Waals surface area contributed by atoms with Crippen molar-refractivity contribution in [3.05, 3.63) is 28.3 Å². The third-order valence-electron chi connectivity index (χ3n) is 4.71. The zero-order valence-electron chi connectivity index (χ0n) is 13.2. The van der Waals surface area contributed by atoms with Gasteiger partial charge in [-0.15, -0.1) is 12.4 Å². The Bertz CT molecular complexity index is 734. The number of nitrogens with one attached hydrogen (secondary N) is 1. The summed E-state index contributed by atoms with van der Waals surface area (Å²) in [6.07, 6.45) is 1.80. The number of halogens is 1. The minimum Gasteiger partial charge on any atom is -0.495 e. The van der Waals surface area contributed by atoms with Crippen LogP contribution in [0.1, 0.15) is 12.8 Å². The summed E-state index contributed by atoms with van der Waals surface area (Å²) < 4.78 is 32.3. The van der Waals surface area contributed by atoms with E-state index in [4.69, 9.17) is 4.74 Å². The van der Waals surface area contributed by atoms with Crippen LogP contribution in [0, 0.1) is 15.5 Å². The lowest BCUT2D eigenvalue weighted by Crippen LogP contribution is -2.33. The second-order valence-electron chi connectivity index (χ2n) is 6.11. The molecule has 1 aromatic rings. The molecule has 10 heteroatoms. The molecule has 1 N–H and O–H groups in total. The summed E-state index contributed by atoms with van der Waals surface area (Å²) in [5, 5.41) is 14.1. The maximum absolute atomic E-state index is 12.9. The van der Waals surface area contributed by atoms with Gasteiger partial charge in [-0.2, -0.15) is 4.31 Å². The molecule has 0 radical (unpaired) electrons. The number of non-ortho nitro benzene ring substituents is 1. The van der Waals surface area contributed by atoms with Crippen LogP contribution in [0.5, 0.6) is 5.75 Å². The molecule has 3 rings (SSSR count). The highest BCUT2D eigenvalue weighted by atomic mass is 35.5. The van der Waals surface area contributed by atoms with Crippen molar-refractivity contribution in [2.24, 2.45) is 5.41 Å². The maximum Gasteiger partial charge on any atom is 0.273 e. The molecular formula is C14H20ClN3O5S. The molecule has 0 aromatic heterocycles. The molecule has 2 heterocycles.